The average molecular weight is 345 g/mol. The quantitative estimate of drug-likeness (QED) is 0.808. The summed E-state index contributed by atoms with van der Waals surface area (Å²) < 4.78 is 12.6. The Morgan fingerprint density at radius 2 is 1.88 bits per heavy atom. The molecule has 1 amide bonds. The SMILES string of the molecule is COc1ccccc1OCCN(C)C(=O)c1cc(C(C)(C)C)nn1C. The Hall–Kier alpha value is -2.50. The Bertz CT molecular complexity index is 732. The molecule has 2 rings (SSSR count). The predicted molar refractivity (Wildman–Crippen MR) is 97.4 cm³/mol. The lowest BCUT2D eigenvalue weighted by atomic mass is 9.92. The molecule has 0 fully saturated rings. The highest BCUT2D eigenvalue weighted by atomic mass is 16.5. The Morgan fingerprint density at radius 3 is 2.44 bits per heavy atom. The molecule has 0 radical (unpaired) electrons. The Balaban J connectivity index is 1.98. The molecule has 0 N–H and O–H groups in total. The molecule has 0 saturated carbocycles. The zero-order chi connectivity index (χ0) is 18.6. The number of para-hydroxylation sites is 2. The fourth-order valence-corrected chi connectivity index (χ4v) is 2.36. The van der Waals surface area contributed by atoms with Crippen LogP contribution in [0, 0.1) is 0 Å². The number of carbonyl (C=O) groups is 1. The average Bonchev–Trinajstić information content (AvgIpc) is 2.96. The van der Waals surface area contributed by atoms with E-state index in [9.17, 15) is 4.79 Å². The minimum Gasteiger partial charge on any atom is -0.493 e. The molecule has 6 heteroatoms. The maximum absolute atomic E-state index is 12.7. The highest BCUT2D eigenvalue weighted by Gasteiger charge is 2.23. The number of nitrogens with zero attached hydrogens (tertiary/aromatic N) is 3. The van der Waals surface area contributed by atoms with Gasteiger partial charge in [-0.1, -0.05) is 32.9 Å². The summed E-state index contributed by atoms with van der Waals surface area (Å²) in [6, 6.07) is 9.32. The van der Waals surface area contributed by atoms with E-state index in [1.54, 1.807) is 30.8 Å². The van der Waals surface area contributed by atoms with Gasteiger partial charge >= 0.3 is 0 Å². The van der Waals surface area contributed by atoms with E-state index in [0.717, 1.165) is 5.69 Å². The normalized spacial score (nSPS) is 11.3. The summed E-state index contributed by atoms with van der Waals surface area (Å²) >= 11 is 0. The summed E-state index contributed by atoms with van der Waals surface area (Å²) in [6.07, 6.45) is 0. The summed E-state index contributed by atoms with van der Waals surface area (Å²) in [5.74, 6) is 1.27. The molecular weight excluding hydrogens is 318 g/mol. The molecule has 1 aromatic heterocycles. The monoisotopic (exact) mass is 345 g/mol. The first-order valence-corrected chi connectivity index (χ1v) is 8.30. The number of carbonyl (C=O) groups excluding carboxylic acids is 1. The standard InChI is InChI=1S/C19H27N3O3/c1-19(2,3)17-13-14(22(5)20-17)18(23)21(4)11-12-25-16-10-8-7-9-15(16)24-6/h7-10,13H,11-12H2,1-6H3. The van der Waals surface area contributed by atoms with Crippen molar-refractivity contribution in [1.82, 2.24) is 14.7 Å². The van der Waals surface area contributed by atoms with E-state index in [2.05, 4.69) is 25.9 Å². The first-order chi connectivity index (χ1) is 11.7. The lowest BCUT2D eigenvalue weighted by molar-refractivity contribution is 0.0762. The third kappa shape index (κ3) is 4.53. The van der Waals surface area contributed by atoms with Crippen molar-refractivity contribution in [3.05, 3.63) is 41.7 Å². The number of aromatic nitrogens is 2. The third-order valence-corrected chi connectivity index (χ3v) is 3.97. The molecule has 0 bridgehead atoms. The highest BCUT2D eigenvalue weighted by Crippen LogP contribution is 2.25. The molecule has 1 heterocycles. The number of amides is 1. The van der Waals surface area contributed by atoms with Gasteiger partial charge in [0.2, 0.25) is 0 Å². The maximum Gasteiger partial charge on any atom is 0.271 e. The van der Waals surface area contributed by atoms with Gasteiger partial charge in [-0.25, -0.2) is 0 Å². The first-order valence-electron chi connectivity index (χ1n) is 8.30. The van der Waals surface area contributed by atoms with Crippen molar-refractivity contribution in [2.24, 2.45) is 7.05 Å². The lowest BCUT2D eigenvalue weighted by Gasteiger charge is -2.18. The van der Waals surface area contributed by atoms with Crippen molar-refractivity contribution in [3.8, 4) is 11.5 Å². The van der Waals surface area contributed by atoms with Gasteiger partial charge in [0.15, 0.2) is 11.5 Å². The van der Waals surface area contributed by atoms with Crippen LogP contribution in [0.25, 0.3) is 0 Å². The van der Waals surface area contributed by atoms with Crippen molar-refractivity contribution < 1.29 is 14.3 Å². The molecule has 1 aromatic carbocycles. The highest BCUT2D eigenvalue weighted by molar-refractivity contribution is 5.92. The van der Waals surface area contributed by atoms with Crippen molar-refractivity contribution in [2.45, 2.75) is 26.2 Å². The largest absolute Gasteiger partial charge is 0.493 e. The van der Waals surface area contributed by atoms with Crippen molar-refractivity contribution in [2.75, 3.05) is 27.3 Å². The van der Waals surface area contributed by atoms with E-state index in [-0.39, 0.29) is 11.3 Å². The first kappa shape index (κ1) is 18.8. The number of ether oxygens (including phenoxy) is 2. The van der Waals surface area contributed by atoms with Crippen LogP contribution in [0.1, 0.15) is 37.0 Å². The molecule has 0 aliphatic heterocycles. The smallest absolute Gasteiger partial charge is 0.271 e. The molecule has 0 aliphatic carbocycles. The van der Waals surface area contributed by atoms with Crippen LogP contribution in [0.5, 0.6) is 11.5 Å². The van der Waals surface area contributed by atoms with Gasteiger partial charge < -0.3 is 14.4 Å². The van der Waals surface area contributed by atoms with Crippen LogP contribution in [0.4, 0.5) is 0 Å². The van der Waals surface area contributed by atoms with E-state index < -0.39 is 0 Å². The predicted octanol–water partition coefficient (Wildman–Crippen LogP) is 2.88. The topological polar surface area (TPSA) is 56.6 Å². The van der Waals surface area contributed by atoms with E-state index in [1.165, 1.54) is 0 Å². The maximum atomic E-state index is 12.7. The summed E-state index contributed by atoms with van der Waals surface area (Å²) in [5, 5.41) is 4.46. The van der Waals surface area contributed by atoms with Gasteiger partial charge in [0.1, 0.15) is 12.3 Å². The van der Waals surface area contributed by atoms with Crippen LogP contribution < -0.4 is 9.47 Å². The van der Waals surface area contributed by atoms with Gasteiger partial charge in [-0.05, 0) is 18.2 Å². The minimum atomic E-state index is -0.0954. The van der Waals surface area contributed by atoms with Gasteiger partial charge in [-0.15, -0.1) is 0 Å². The van der Waals surface area contributed by atoms with E-state index in [4.69, 9.17) is 9.47 Å². The lowest BCUT2D eigenvalue weighted by Crippen LogP contribution is -2.32. The van der Waals surface area contributed by atoms with Crippen LogP contribution in [0.2, 0.25) is 0 Å². The minimum absolute atomic E-state index is 0.0749. The van der Waals surface area contributed by atoms with Crippen LogP contribution in [0.15, 0.2) is 30.3 Å². The van der Waals surface area contributed by atoms with E-state index in [0.29, 0.717) is 30.3 Å². The Kier molecular flexibility index (Phi) is 5.72. The number of likely N-dealkylation sites (N-methyl/N-ethyl adjacent to an activating group) is 1. The fourth-order valence-electron chi connectivity index (χ4n) is 2.36. The summed E-state index contributed by atoms with van der Waals surface area (Å²) in [4.78, 5) is 14.3. The van der Waals surface area contributed by atoms with Gasteiger partial charge in [-0.3, -0.25) is 9.48 Å². The van der Waals surface area contributed by atoms with Crippen LogP contribution in [-0.4, -0.2) is 47.9 Å². The van der Waals surface area contributed by atoms with Crippen LogP contribution >= 0.6 is 0 Å². The molecule has 0 saturated heterocycles. The van der Waals surface area contributed by atoms with Crippen molar-refractivity contribution in [1.29, 1.82) is 0 Å². The molecule has 0 spiro atoms. The van der Waals surface area contributed by atoms with Crippen LogP contribution in [0.3, 0.4) is 0 Å². The number of rotatable bonds is 6. The van der Waals surface area contributed by atoms with Gasteiger partial charge in [-0.2, -0.15) is 5.10 Å². The summed E-state index contributed by atoms with van der Waals surface area (Å²) in [7, 11) is 5.16. The number of methoxy groups -OCH3 is 1. The molecular formula is C19H27N3O3. The van der Waals surface area contributed by atoms with Gasteiger partial charge in [0.25, 0.3) is 5.91 Å². The summed E-state index contributed by atoms with van der Waals surface area (Å²) in [5.41, 5.74) is 1.38. The van der Waals surface area contributed by atoms with Crippen molar-refractivity contribution >= 4 is 5.91 Å². The third-order valence-electron chi connectivity index (χ3n) is 3.97. The van der Waals surface area contributed by atoms with Crippen molar-refractivity contribution in [3.63, 3.8) is 0 Å². The second-order valence-electron chi connectivity index (χ2n) is 7.01. The fraction of sp³-hybridized carbons (Fsp3) is 0.474. The van der Waals surface area contributed by atoms with Crippen LogP contribution in [-0.2, 0) is 12.5 Å². The van der Waals surface area contributed by atoms with Gasteiger partial charge in [0, 0.05) is 19.5 Å². The zero-order valence-electron chi connectivity index (χ0n) is 15.9. The molecule has 0 atom stereocenters. The number of hydrogen-bond donors (Lipinski definition) is 0. The van der Waals surface area contributed by atoms with E-state index >= 15 is 0 Å². The second-order valence-corrected chi connectivity index (χ2v) is 7.01. The molecule has 0 unspecified atom stereocenters. The van der Waals surface area contributed by atoms with Gasteiger partial charge in [0.05, 0.1) is 19.3 Å². The molecule has 6 nitrogen and oxygen atoms in total. The zero-order valence-corrected chi connectivity index (χ0v) is 15.9. The Labute approximate surface area is 149 Å². The number of benzene rings is 1. The molecule has 0 aliphatic rings. The second kappa shape index (κ2) is 7.59. The molecule has 136 valence electrons. The number of hydrogen-bond acceptors (Lipinski definition) is 4. The Morgan fingerprint density at radius 1 is 1.24 bits per heavy atom. The summed E-state index contributed by atoms with van der Waals surface area (Å²) in [6.45, 7) is 7.08. The molecule has 2 aromatic rings. The van der Waals surface area contributed by atoms with E-state index in [1.807, 2.05) is 30.3 Å². The number of aryl methyl sites for hydroxylation is 1. The molecule has 25 heavy (non-hydrogen) atoms.